The standard InChI is InChI=1S/C19H31N3O4/c1-3-15-7-5-6-10-22(15)17(24)19(8-9-19)16(23)20-11-13-21(14-12-20)18(25)26-4-2/h15H,3-14H2,1-2H3. The number of ether oxygens (including phenoxy) is 1. The SMILES string of the molecule is CCOC(=O)N1CCN(C(=O)C2(C(=O)N3CCCCC3CC)CC2)CC1. The zero-order valence-corrected chi connectivity index (χ0v) is 16.0. The summed E-state index contributed by atoms with van der Waals surface area (Å²) in [4.78, 5) is 43.5. The van der Waals surface area contributed by atoms with E-state index in [9.17, 15) is 14.4 Å². The maximum atomic E-state index is 13.2. The number of likely N-dealkylation sites (tertiary alicyclic amines) is 1. The smallest absolute Gasteiger partial charge is 0.409 e. The third-order valence-corrected chi connectivity index (χ3v) is 6.02. The topological polar surface area (TPSA) is 70.2 Å². The quantitative estimate of drug-likeness (QED) is 0.713. The van der Waals surface area contributed by atoms with E-state index in [1.54, 1.807) is 16.7 Å². The van der Waals surface area contributed by atoms with E-state index < -0.39 is 5.41 Å². The molecule has 1 saturated carbocycles. The molecule has 7 nitrogen and oxygen atoms in total. The van der Waals surface area contributed by atoms with Crippen LogP contribution in [0.2, 0.25) is 0 Å². The maximum absolute atomic E-state index is 13.2. The largest absolute Gasteiger partial charge is 0.450 e. The molecule has 1 aliphatic carbocycles. The average molecular weight is 365 g/mol. The fourth-order valence-electron chi connectivity index (χ4n) is 4.22. The lowest BCUT2D eigenvalue weighted by molar-refractivity contribution is -0.152. The zero-order valence-electron chi connectivity index (χ0n) is 16.0. The van der Waals surface area contributed by atoms with Crippen LogP contribution in [-0.2, 0) is 14.3 Å². The highest BCUT2D eigenvalue weighted by molar-refractivity contribution is 6.08. The van der Waals surface area contributed by atoms with Gasteiger partial charge in [0.25, 0.3) is 0 Å². The van der Waals surface area contributed by atoms with E-state index in [-0.39, 0.29) is 23.9 Å². The van der Waals surface area contributed by atoms with Gasteiger partial charge in [0.1, 0.15) is 5.41 Å². The van der Waals surface area contributed by atoms with Gasteiger partial charge in [-0.3, -0.25) is 9.59 Å². The first-order valence-electron chi connectivity index (χ1n) is 10.1. The summed E-state index contributed by atoms with van der Waals surface area (Å²) >= 11 is 0. The minimum absolute atomic E-state index is 0.0357. The highest BCUT2D eigenvalue weighted by Crippen LogP contribution is 2.49. The van der Waals surface area contributed by atoms with Crippen molar-refractivity contribution in [2.45, 2.75) is 58.4 Å². The van der Waals surface area contributed by atoms with Crippen molar-refractivity contribution < 1.29 is 19.1 Å². The molecule has 0 aromatic carbocycles. The number of hydrogen-bond acceptors (Lipinski definition) is 4. The Labute approximate surface area is 155 Å². The first-order valence-corrected chi connectivity index (χ1v) is 10.1. The van der Waals surface area contributed by atoms with E-state index in [0.717, 1.165) is 25.8 Å². The molecule has 3 fully saturated rings. The summed E-state index contributed by atoms with van der Waals surface area (Å²) in [5, 5.41) is 0. The second-order valence-corrected chi connectivity index (χ2v) is 7.62. The van der Waals surface area contributed by atoms with Crippen LogP contribution in [0.4, 0.5) is 4.79 Å². The molecule has 2 heterocycles. The fourth-order valence-corrected chi connectivity index (χ4v) is 4.22. The Morgan fingerprint density at radius 2 is 1.58 bits per heavy atom. The number of rotatable bonds is 4. The number of amides is 3. The summed E-state index contributed by atoms with van der Waals surface area (Å²) in [6.07, 6.45) is 5.20. The fraction of sp³-hybridized carbons (Fsp3) is 0.842. The molecule has 3 rings (SSSR count). The lowest BCUT2D eigenvalue weighted by Crippen LogP contribution is -2.56. The van der Waals surface area contributed by atoms with Gasteiger partial charge in [-0.05, 0) is 45.4 Å². The van der Waals surface area contributed by atoms with E-state index in [0.29, 0.717) is 45.6 Å². The molecule has 0 bridgehead atoms. The molecule has 1 atom stereocenters. The van der Waals surface area contributed by atoms with Crippen LogP contribution in [0.1, 0.15) is 52.4 Å². The third-order valence-electron chi connectivity index (χ3n) is 6.02. The highest BCUT2D eigenvalue weighted by Gasteiger charge is 2.60. The predicted molar refractivity (Wildman–Crippen MR) is 96.5 cm³/mol. The van der Waals surface area contributed by atoms with Crippen molar-refractivity contribution in [2.24, 2.45) is 5.41 Å². The molecule has 0 radical (unpaired) electrons. The first-order chi connectivity index (χ1) is 12.5. The van der Waals surface area contributed by atoms with Gasteiger partial charge in [0.2, 0.25) is 11.8 Å². The molecule has 7 heteroatoms. The predicted octanol–water partition coefficient (Wildman–Crippen LogP) is 1.86. The van der Waals surface area contributed by atoms with Crippen molar-refractivity contribution in [3.63, 3.8) is 0 Å². The second kappa shape index (κ2) is 7.84. The van der Waals surface area contributed by atoms with Gasteiger partial charge in [-0.15, -0.1) is 0 Å². The molecule has 1 unspecified atom stereocenters. The number of nitrogens with zero attached hydrogens (tertiary/aromatic N) is 3. The van der Waals surface area contributed by atoms with Gasteiger partial charge in [0, 0.05) is 38.8 Å². The molecule has 0 N–H and O–H groups in total. The Balaban J connectivity index is 1.61. The Morgan fingerprint density at radius 1 is 0.923 bits per heavy atom. The molecular formula is C19H31N3O4. The molecule has 26 heavy (non-hydrogen) atoms. The van der Waals surface area contributed by atoms with Crippen molar-refractivity contribution >= 4 is 17.9 Å². The summed E-state index contributed by atoms with van der Waals surface area (Å²) in [6.45, 7) is 6.92. The molecule has 3 amide bonds. The average Bonchev–Trinajstić information content (AvgIpc) is 3.49. The van der Waals surface area contributed by atoms with Crippen LogP contribution in [0.3, 0.4) is 0 Å². The van der Waals surface area contributed by atoms with E-state index in [1.807, 2.05) is 4.90 Å². The van der Waals surface area contributed by atoms with Gasteiger partial charge in [0.05, 0.1) is 6.61 Å². The van der Waals surface area contributed by atoms with E-state index >= 15 is 0 Å². The van der Waals surface area contributed by atoms with E-state index in [4.69, 9.17) is 4.74 Å². The lowest BCUT2D eigenvalue weighted by atomic mass is 9.95. The van der Waals surface area contributed by atoms with Crippen molar-refractivity contribution in [2.75, 3.05) is 39.3 Å². The monoisotopic (exact) mass is 365 g/mol. The Bertz CT molecular complexity index is 553. The third kappa shape index (κ3) is 3.53. The lowest BCUT2D eigenvalue weighted by Gasteiger charge is -2.40. The normalized spacial score (nSPS) is 25.0. The minimum Gasteiger partial charge on any atom is -0.450 e. The van der Waals surface area contributed by atoms with Gasteiger partial charge in [-0.25, -0.2) is 4.79 Å². The molecule has 146 valence electrons. The van der Waals surface area contributed by atoms with Crippen LogP contribution in [0, 0.1) is 5.41 Å². The summed E-state index contributed by atoms with van der Waals surface area (Å²) in [7, 11) is 0. The summed E-state index contributed by atoms with van der Waals surface area (Å²) < 4.78 is 5.02. The zero-order chi connectivity index (χ0) is 18.7. The van der Waals surface area contributed by atoms with Crippen LogP contribution >= 0.6 is 0 Å². The summed E-state index contributed by atoms with van der Waals surface area (Å²) in [5.41, 5.74) is -0.823. The molecule has 3 aliphatic rings. The van der Waals surface area contributed by atoms with Crippen LogP contribution in [0.25, 0.3) is 0 Å². The molecule has 2 saturated heterocycles. The van der Waals surface area contributed by atoms with Gasteiger partial charge in [0.15, 0.2) is 0 Å². The number of carbonyl (C=O) groups is 3. The van der Waals surface area contributed by atoms with Crippen LogP contribution in [0.15, 0.2) is 0 Å². The minimum atomic E-state index is -0.823. The Morgan fingerprint density at radius 3 is 2.15 bits per heavy atom. The maximum Gasteiger partial charge on any atom is 0.409 e. The van der Waals surface area contributed by atoms with Gasteiger partial charge in [-0.1, -0.05) is 6.92 Å². The summed E-state index contributed by atoms with van der Waals surface area (Å²) in [6, 6.07) is 0.280. The number of hydrogen-bond donors (Lipinski definition) is 0. The Hall–Kier alpha value is -1.79. The molecule has 0 spiro atoms. The highest BCUT2D eigenvalue weighted by atomic mass is 16.6. The van der Waals surface area contributed by atoms with Crippen molar-refractivity contribution in [3.8, 4) is 0 Å². The summed E-state index contributed by atoms with van der Waals surface area (Å²) in [5.74, 6) is 0.00769. The molecule has 2 aliphatic heterocycles. The van der Waals surface area contributed by atoms with E-state index in [2.05, 4.69) is 6.92 Å². The van der Waals surface area contributed by atoms with Crippen molar-refractivity contribution in [1.82, 2.24) is 14.7 Å². The van der Waals surface area contributed by atoms with Gasteiger partial charge in [-0.2, -0.15) is 0 Å². The Kier molecular flexibility index (Phi) is 5.73. The van der Waals surface area contributed by atoms with Gasteiger partial charge < -0.3 is 19.4 Å². The first kappa shape index (κ1) is 19.0. The van der Waals surface area contributed by atoms with Crippen LogP contribution in [0.5, 0.6) is 0 Å². The number of carbonyl (C=O) groups excluding carboxylic acids is 3. The second-order valence-electron chi connectivity index (χ2n) is 7.62. The molecule has 0 aromatic heterocycles. The van der Waals surface area contributed by atoms with Gasteiger partial charge >= 0.3 is 6.09 Å². The van der Waals surface area contributed by atoms with Crippen LogP contribution in [-0.4, -0.2) is 78.0 Å². The molecule has 0 aromatic rings. The van der Waals surface area contributed by atoms with Crippen LogP contribution < -0.4 is 0 Å². The van der Waals surface area contributed by atoms with Crippen molar-refractivity contribution in [1.29, 1.82) is 0 Å². The number of piperidine rings is 1. The van der Waals surface area contributed by atoms with Crippen molar-refractivity contribution in [3.05, 3.63) is 0 Å². The number of piperazine rings is 1. The molecular weight excluding hydrogens is 334 g/mol. The van der Waals surface area contributed by atoms with E-state index in [1.165, 1.54) is 6.42 Å².